The second kappa shape index (κ2) is 8.67. The van der Waals surface area contributed by atoms with Gasteiger partial charge in [0, 0.05) is 6.42 Å². The Labute approximate surface area is 108 Å². The second-order valence-electron chi connectivity index (χ2n) is 1.51. The molecular formula is C6H11KO4. The van der Waals surface area contributed by atoms with Gasteiger partial charge in [-0.1, -0.05) is 6.92 Å². The maximum absolute atomic E-state index is 10.4. The van der Waals surface area contributed by atoms with Crippen LogP contribution in [0.2, 0.25) is 0 Å². The first-order valence-corrected chi connectivity index (χ1v) is 3.08. The average molecular weight is 186 g/mol. The number of hydrogen-bond donors (Lipinski definition) is 0. The van der Waals surface area contributed by atoms with Gasteiger partial charge in [0.25, 0.3) is 0 Å². The molecule has 0 aliphatic carbocycles. The Kier molecular flexibility index (Phi) is 11.1. The molecular weight excluding hydrogens is 175 g/mol. The average Bonchev–Trinajstić information content (AvgIpc) is 1.88. The fraction of sp³-hybridized carbons (Fsp3) is 0.667. The summed E-state index contributed by atoms with van der Waals surface area (Å²) in [5, 5.41) is 0. The van der Waals surface area contributed by atoms with Crippen LogP contribution < -0.4 is 0 Å². The van der Waals surface area contributed by atoms with Crippen molar-refractivity contribution < 1.29 is 19.1 Å². The van der Waals surface area contributed by atoms with Crippen LogP contribution in [-0.4, -0.2) is 70.1 Å². The fourth-order valence-electron chi connectivity index (χ4n) is 0.312. The van der Waals surface area contributed by atoms with E-state index in [1.165, 1.54) is 0 Å². The van der Waals surface area contributed by atoms with Gasteiger partial charge >= 0.3 is 63.5 Å². The van der Waals surface area contributed by atoms with Crippen LogP contribution in [-0.2, 0) is 14.3 Å². The summed E-state index contributed by atoms with van der Waals surface area (Å²) in [6.45, 7) is 3.45. The Hall–Kier alpha value is 0.576. The van der Waals surface area contributed by atoms with E-state index >= 15 is 0 Å². The molecule has 0 saturated heterocycles. The minimum absolute atomic E-state index is 0. The van der Waals surface area contributed by atoms with E-state index in [9.17, 15) is 9.59 Å². The Bertz CT molecular complexity index is 135. The number of esters is 1. The van der Waals surface area contributed by atoms with Crippen molar-refractivity contribution in [3.8, 4) is 0 Å². The van der Waals surface area contributed by atoms with E-state index in [2.05, 4.69) is 9.47 Å². The van der Waals surface area contributed by atoms with Crippen LogP contribution >= 0.6 is 0 Å². The fourth-order valence-corrected chi connectivity index (χ4v) is 0.312. The first-order valence-electron chi connectivity index (χ1n) is 3.08. The standard InChI is InChI=1S/C6H10O4.K.H/c1-3-5(7)10-6(8)9-4-2;;/h3-4H2,1-2H3;;. The van der Waals surface area contributed by atoms with E-state index in [0.29, 0.717) is 0 Å². The summed E-state index contributed by atoms with van der Waals surface area (Å²) in [5.74, 6) is -0.571. The summed E-state index contributed by atoms with van der Waals surface area (Å²) in [5.41, 5.74) is 0. The third-order valence-corrected chi connectivity index (χ3v) is 0.748. The first kappa shape index (κ1) is 14.1. The number of carbonyl (C=O) groups excluding carboxylic acids is 2. The van der Waals surface area contributed by atoms with Crippen molar-refractivity contribution in [2.45, 2.75) is 20.3 Å². The SMILES string of the molecule is CCOC(=O)OC(=O)CC.[KH]. The van der Waals surface area contributed by atoms with Crippen molar-refractivity contribution in [2.75, 3.05) is 6.61 Å². The third-order valence-electron chi connectivity index (χ3n) is 0.748. The van der Waals surface area contributed by atoms with E-state index in [1.54, 1.807) is 13.8 Å². The summed E-state index contributed by atoms with van der Waals surface area (Å²) in [6.07, 6.45) is -0.743. The van der Waals surface area contributed by atoms with Crippen LogP contribution in [0.3, 0.4) is 0 Å². The number of rotatable bonds is 2. The molecule has 0 aromatic heterocycles. The van der Waals surface area contributed by atoms with Crippen LogP contribution in [0.4, 0.5) is 4.79 Å². The molecule has 0 aliphatic heterocycles. The molecule has 0 N–H and O–H groups in total. The van der Waals surface area contributed by atoms with E-state index in [0.717, 1.165) is 0 Å². The summed E-state index contributed by atoms with van der Waals surface area (Å²) in [4.78, 5) is 20.7. The summed E-state index contributed by atoms with van der Waals surface area (Å²) < 4.78 is 8.47. The molecule has 0 aromatic carbocycles. The monoisotopic (exact) mass is 186 g/mol. The molecule has 0 bridgehead atoms. The van der Waals surface area contributed by atoms with Gasteiger partial charge in [-0.15, -0.1) is 0 Å². The summed E-state index contributed by atoms with van der Waals surface area (Å²) >= 11 is 0. The van der Waals surface area contributed by atoms with E-state index in [4.69, 9.17) is 0 Å². The molecule has 5 heteroatoms. The van der Waals surface area contributed by atoms with Gasteiger partial charge in [-0.25, -0.2) is 4.79 Å². The van der Waals surface area contributed by atoms with Crippen molar-refractivity contribution in [3.05, 3.63) is 0 Å². The van der Waals surface area contributed by atoms with Gasteiger partial charge < -0.3 is 9.47 Å². The predicted molar refractivity (Wildman–Crippen MR) is 40.6 cm³/mol. The van der Waals surface area contributed by atoms with Gasteiger partial charge in [0.15, 0.2) is 0 Å². The molecule has 0 spiro atoms. The Morgan fingerprint density at radius 3 is 2.18 bits per heavy atom. The van der Waals surface area contributed by atoms with Gasteiger partial charge in [-0.2, -0.15) is 0 Å². The van der Waals surface area contributed by atoms with Crippen molar-refractivity contribution in [1.82, 2.24) is 0 Å². The molecule has 0 heterocycles. The zero-order valence-electron chi connectivity index (χ0n) is 6.05. The molecule has 0 aromatic rings. The normalized spacial score (nSPS) is 7.82. The summed E-state index contributed by atoms with van der Waals surface area (Å²) in [6, 6.07) is 0. The van der Waals surface area contributed by atoms with Crippen LogP contribution in [0.15, 0.2) is 0 Å². The van der Waals surface area contributed by atoms with Gasteiger partial charge in [0.2, 0.25) is 0 Å². The maximum atomic E-state index is 10.4. The van der Waals surface area contributed by atoms with Crippen LogP contribution in [0.25, 0.3) is 0 Å². The predicted octanol–water partition coefficient (Wildman–Crippen LogP) is 0.448. The Morgan fingerprint density at radius 2 is 1.82 bits per heavy atom. The number of carbonyl (C=O) groups is 2. The van der Waals surface area contributed by atoms with Crippen molar-refractivity contribution in [1.29, 1.82) is 0 Å². The number of hydrogen-bond acceptors (Lipinski definition) is 4. The Morgan fingerprint density at radius 1 is 1.27 bits per heavy atom. The van der Waals surface area contributed by atoms with Crippen LogP contribution in [0, 0.1) is 0 Å². The molecule has 0 atom stereocenters. The number of ether oxygens (including phenoxy) is 2. The van der Waals surface area contributed by atoms with E-state index in [1.807, 2.05) is 0 Å². The zero-order valence-corrected chi connectivity index (χ0v) is 6.05. The molecule has 0 saturated carbocycles. The molecule has 4 nitrogen and oxygen atoms in total. The molecule has 0 radical (unpaired) electrons. The topological polar surface area (TPSA) is 52.6 Å². The van der Waals surface area contributed by atoms with Crippen molar-refractivity contribution >= 4 is 63.5 Å². The van der Waals surface area contributed by atoms with Crippen molar-refractivity contribution in [3.63, 3.8) is 0 Å². The van der Waals surface area contributed by atoms with Gasteiger partial charge in [0.05, 0.1) is 6.61 Å². The summed E-state index contributed by atoms with van der Waals surface area (Å²) in [7, 11) is 0. The Balaban J connectivity index is 0. The van der Waals surface area contributed by atoms with Gasteiger partial charge in [0.1, 0.15) is 0 Å². The molecule has 60 valence electrons. The molecule has 0 rings (SSSR count). The molecule has 0 unspecified atom stereocenters. The van der Waals surface area contributed by atoms with Gasteiger partial charge in [-0.05, 0) is 6.92 Å². The van der Waals surface area contributed by atoms with Crippen LogP contribution in [0.5, 0.6) is 0 Å². The van der Waals surface area contributed by atoms with E-state index in [-0.39, 0.29) is 64.4 Å². The van der Waals surface area contributed by atoms with Gasteiger partial charge in [-0.3, -0.25) is 4.79 Å². The molecule has 0 fully saturated rings. The minimum atomic E-state index is -0.922. The first-order chi connectivity index (χ1) is 4.70. The van der Waals surface area contributed by atoms with Crippen LogP contribution in [0.1, 0.15) is 20.3 Å². The molecule has 0 amide bonds. The quantitative estimate of drug-likeness (QED) is 0.357. The second-order valence-corrected chi connectivity index (χ2v) is 1.51. The molecule has 11 heavy (non-hydrogen) atoms. The third kappa shape index (κ3) is 8.48. The zero-order chi connectivity index (χ0) is 7.98. The van der Waals surface area contributed by atoms with Crippen molar-refractivity contribution in [2.24, 2.45) is 0 Å². The molecule has 0 aliphatic rings. The van der Waals surface area contributed by atoms with E-state index < -0.39 is 12.1 Å².